The summed E-state index contributed by atoms with van der Waals surface area (Å²) in [6.07, 6.45) is 2.50. The number of pyridine rings is 1. The van der Waals surface area contributed by atoms with Gasteiger partial charge in [0.05, 0.1) is 0 Å². The Morgan fingerprint density at radius 3 is 1.95 bits per heavy atom. The van der Waals surface area contributed by atoms with Gasteiger partial charge in [-0.05, 0) is 57.6 Å². The fourth-order valence-electron chi connectivity index (χ4n) is 5.07. The summed E-state index contributed by atoms with van der Waals surface area (Å²) in [6, 6.07) is 23.9. The number of nitrogens with one attached hydrogen (secondary N) is 2. The fourth-order valence-corrected chi connectivity index (χ4v) is 5.20. The van der Waals surface area contributed by atoms with Crippen molar-refractivity contribution in [1.82, 2.24) is 15.6 Å². The number of aromatic nitrogens is 1. The van der Waals surface area contributed by atoms with Gasteiger partial charge in [0, 0.05) is 36.2 Å². The largest absolute Gasteiger partial charge is 0.480 e. The molecule has 2 atom stereocenters. The molecule has 0 saturated heterocycles. The van der Waals surface area contributed by atoms with Crippen molar-refractivity contribution in [3.05, 3.63) is 125 Å². The lowest BCUT2D eigenvalue weighted by molar-refractivity contribution is -0.142. The minimum Gasteiger partial charge on any atom is -0.480 e. The van der Waals surface area contributed by atoms with Crippen molar-refractivity contribution >= 4 is 29.6 Å². The van der Waals surface area contributed by atoms with E-state index in [9.17, 15) is 19.5 Å². The molecule has 9 heteroatoms. The summed E-state index contributed by atoms with van der Waals surface area (Å²) < 4.78 is 5.65. The molecule has 0 aliphatic heterocycles. The molecular formula is C32H28ClN3O5. The van der Waals surface area contributed by atoms with Crippen LogP contribution >= 0.6 is 11.6 Å². The maximum atomic E-state index is 13.4. The van der Waals surface area contributed by atoms with E-state index in [1.54, 1.807) is 48.8 Å². The Hall–Kier alpha value is -4.69. The van der Waals surface area contributed by atoms with Gasteiger partial charge in [-0.25, -0.2) is 9.59 Å². The Bertz CT molecular complexity index is 1500. The molecule has 208 valence electrons. The number of halogens is 1. The van der Waals surface area contributed by atoms with Gasteiger partial charge in [0.2, 0.25) is 5.91 Å². The lowest BCUT2D eigenvalue weighted by Crippen LogP contribution is -2.53. The molecule has 3 N–H and O–H groups in total. The van der Waals surface area contributed by atoms with Crippen LogP contribution < -0.4 is 10.6 Å². The molecule has 1 heterocycles. The molecule has 1 aliphatic rings. The molecule has 2 amide bonds. The second kappa shape index (κ2) is 12.7. The van der Waals surface area contributed by atoms with Gasteiger partial charge in [0.1, 0.15) is 18.7 Å². The summed E-state index contributed by atoms with van der Waals surface area (Å²) >= 11 is 6.01. The number of fused-ring (bicyclic) bond motifs is 3. The first-order valence-corrected chi connectivity index (χ1v) is 13.5. The molecule has 8 nitrogen and oxygen atoms in total. The average Bonchev–Trinajstić information content (AvgIpc) is 3.30. The Labute approximate surface area is 242 Å². The van der Waals surface area contributed by atoms with Crippen LogP contribution in [0.4, 0.5) is 4.79 Å². The normalized spacial score (nSPS) is 13.4. The first kappa shape index (κ1) is 27.9. The average molecular weight is 570 g/mol. The zero-order valence-corrected chi connectivity index (χ0v) is 22.8. The number of aliphatic carboxylic acids is 1. The monoisotopic (exact) mass is 569 g/mol. The number of amides is 2. The van der Waals surface area contributed by atoms with Crippen LogP contribution in [0.3, 0.4) is 0 Å². The standard InChI is InChI=1S/C32H28ClN3O5/c33-22-11-9-20(10-12-22)17-28(30(37)35-29(31(38)39)18-21-13-15-34-16-14-21)36-32(40)41-19-27-25-7-3-1-5-23(25)24-6-2-4-8-26(24)27/h1-16,27-29H,17-19H2,(H,35,37)(H,36,40)(H,38,39)/t28-,29-/m0/s1. The van der Waals surface area contributed by atoms with E-state index in [2.05, 4.69) is 15.6 Å². The van der Waals surface area contributed by atoms with Crippen LogP contribution in [0.5, 0.6) is 0 Å². The number of hydrogen-bond acceptors (Lipinski definition) is 5. The lowest BCUT2D eigenvalue weighted by atomic mass is 9.98. The highest BCUT2D eigenvalue weighted by Gasteiger charge is 2.31. The summed E-state index contributed by atoms with van der Waals surface area (Å²) in [4.78, 5) is 42.3. The van der Waals surface area contributed by atoms with Gasteiger partial charge >= 0.3 is 12.1 Å². The number of carboxylic acids is 1. The first-order valence-electron chi connectivity index (χ1n) is 13.2. The van der Waals surface area contributed by atoms with Crippen molar-refractivity contribution in [1.29, 1.82) is 0 Å². The third-order valence-electron chi connectivity index (χ3n) is 7.11. The molecule has 1 aromatic heterocycles. The fraction of sp³-hybridized carbons (Fsp3) is 0.188. The van der Waals surface area contributed by atoms with Gasteiger partial charge in [-0.2, -0.15) is 0 Å². The van der Waals surface area contributed by atoms with E-state index in [1.165, 1.54) is 0 Å². The van der Waals surface area contributed by atoms with Crippen LogP contribution in [0, 0.1) is 0 Å². The minimum atomic E-state index is -1.21. The number of rotatable bonds is 10. The van der Waals surface area contributed by atoms with E-state index in [1.807, 2.05) is 48.5 Å². The molecular weight excluding hydrogens is 542 g/mol. The zero-order chi connectivity index (χ0) is 28.8. The van der Waals surface area contributed by atoms with Crippen LogP contribution in [-0.4, -0.2) is 46.8 Å². The number of benzene rings is 3. The molecule has 4 aromatic rings. The van der Waals surface area contributed by atoms with Crippen molar-refractivity contribution < 1.29 is 24.2 Å². The van der Waals surface area contributed by atoms with Gasteiger partial charge in [-0.3, -0.25) is 9.78 Å². The Balaban J connectivity index is 1.29. The molecule has 0 fully saturated rings. The van der Waals surface area contributed by atoms with E-state index < -0.39 is 30.1 Å². The quantitative estimate of drug-likeness (QED) is 0.247. The van der Waals surface area contributed by atoms with E-state index in [4.69, 9.17) is 16.3 Å². The highest BCUT2D eigenvalue weighted by molar-refractivity contribution is 6.30. The minimum absolute atomic E-state index is 0.0577. The third kappa shape index (κ3) is 6.73. The third-order valence-corrected chi connectivity index (χ3v) is 7.36. The molecule has 5 rings (SSSR count). The maximum absolute atomic E-state index is 13.4. The SMILES string of the molecule is O=C(N[C@@H](Cc1ccc(Cl)cc1)C(=O)N[C@@H](Cc1ccncc1)C(=O)O)OCC1c2ccccc2-c2ccccc21. The smallest absolute Gasteiger partial charge is 0.407 e. The Kier molecular flexibility index (Phi) is 8.60. The molecule has 0 spiro atoms. The maximum Gasteiger partial charge on any atom is 0.407 e. The molecule has 0 saturated carbocycles. The van der Waals surface area contributed by atoms with Crippen molar-refractivity contribution in [3.63, 3.8) is 0 Å². The van der Waals surface area contributed by atoms with Crippen molar-refractivity contribution in [3.8, 4) is 11.1 Å². The van der Waals surface area contributed by atoms with Gasteiger partial charge < -0.3 is 20.5 Å². The van der Waals surface area contributed by atoms with Gasteiger partial charge in [0.15, 0.2) is 0 Å². The molecule has 41 heavy (non-hydrogen) atoms. The second-order valence-corrected chi connectivity index (χ2v) is 10.2. The molecule has 1 aliphatic carbocycles. The van der Waals surface area contributed by atoms with E-state index in [0.29, 0.717) is 10.6 Å². The number of carboxylic acid groups (broad SMARTS) is 1. The van der Waals surface area contributed by atoms with Crippen molar-refractivity contribution in [2.75, 3.05) is 6.61 Å². The van der Waals surface area contributed by atoms with Gasteiger partial charge in [0.25, 0.3) is 0 Å². The molecule has 3 aromatic carbocycles. The Morgan fingerprint density at radius 2 is 1.34 bits per heavy atom. The van der Waals surface area contributed by atoms with Gasteiger partial charge in [-0.1, -0.05) is 72.3 Å². The van der Waals surface area contributed by atoms with E-state index in [-0.39, 0.29) is 25.4 Å². The second-order valence-electron chi connectivity index (χ2n) is 9.81. The highest BCUT2D eigenvalue weighted by Crippen LogP contribution is 2.44. The predicted molar refractivity (Wildman–Crippen MR) is 155 cm³/mol. The van der Waals surface area contributed by atoms with Crippen LogP contribution in [0.1, 0.15) is 28.2 Å². The van der Waals surface area contributed by atoms with Gasteiger partial charge in [-0.15, -0.1) is 0 Å². The van der Waals surface area contributed by atoms with E-state index in [0.717, 1.165) is 27.8 Å². The highest BCUT2D eigenvalue weighted by atomic mass is 35.5. The molecule has 0 unspecified atom stereocenters. The van der Waals surface area contributed by atoms with Crippen LogP contribution in [-0.2, 0) is 27.2 Å². The van der Waals surface area contributed by atoms with Crippen molar-refractivity contribution in [2.24, 2.45) is 0 Å². The summed E-state index contributed by atoms with van der Waals surface area (Å²) in [7, 11) is 0. The summed E-state index contributed by atoms with van der Waals surface area (Å²) in [5.41, 5.74) is 5.77. The summed E-state index contributed by atoms with van der Waals surface area (Å²) in [5.74, 6) is -1.98. The number of carbonyl (C=O) groups excluding carboxylic acids is 2. The van der Waals surface area contributed by atoms with Crippen LogP contribution in [0.15, 0.2) is 97.3 Å². The number of carbonyl (C=O) groups is 3. The zero-order valence-electron chi connectivity index (χ0n) is 22.0. The molecule has 0 radical (unpaired) electrons. The summed E-state index contributed by atoms with van der Waals surface area (Å²) in [5, 5.41) is 15.5. The molecule has 0 bridgehead atoms. The number of nitrogens with zero attached hydrogens (tertiary/aromatic N) is 1. The topological polar surface area (TPSA) is 118 Å². The predicted octanol–water partition coefficient (Wildman–Crippen LogP) is 5.00. The van der Waals surface area contributed by atoms with Crippen molar-refractivity contribution in [2.45, 2.75) is 30.8 Å². The first-order chi connectivity index (χ1) is 19.9. The van der Waals surface area contributed by atoms with Crippen LogP contribution in [0.2, 0.25) is 5.02 Å². The number of ether oxygens (including phenoxy) is 1. The Morgan fingerprint density at radius 1 is 0.780 bits per heavy atom. The summed E-state index contributed by atoms with van der Waals surface area (Å²) in [6.45, 7) is 0.0783. The number of alkyl carbamates (subject to hydrolysis) is 1. The van der Waals surface area contributed by atoms with Crippen LogP contribution in [0.25, 0.3) is 11.1 Å². The lowest BCUT2D eigenvalue weighted by Gasteiger charge is -2.22. The van der Waals surface area contributed by atoms with E-state index >= 15 is 0 Å². The number of hydrogen-bond donors (Lipinski definition) is 3.